The minimum absolute atomic E-state index is 0.0524. The van der Waals surface area contributed by atoms with Gasteiger partial charge in [-0.25, -0.2) is 4.39 Å². The second-order valence-electron chi connectivity index (χ2n) is 8.71. The molecule has 2 amide bonds. The molecule has 0 bridgehead atoms. The molecule has 0 radical (unpaired) electrons. The zero-order valence-corrected chi connectivity index (χ0v) is 18.1. The van der Waals surface area contributed by atoms with Crippen LogP contribution in [-0.4, -0.2) is 52.8 Å². The van der Waals surface area contributed by atoms with Crippen LogP contribution in [0.4, 0.5) is 4.39 Å². The van der Waals surface area contributed by atoms with Crippen molar-refractivity contribution in [3.8, 4) is 0 Å². The molecule has 2 saturated heterocycles. The fraction of sp³-hybridized carbons (Fsp3) is 0.652. The summed E-state index contributed by atoms with van der Waals surface area (Å²) in [5.41, 5.74) is 1.61. The summed E-state index contributed by atoms with van der Waals surface area (Å²) in [6.07, 6.45) is 5.68. The average Bonchev–Trinajstić information content (AvgIpc) is 3.30. The van der Waals surface area contributed by atoms with E-state index >= 15 is 0 Å². The second-order valence-corrected chi connectivity index (χ2v) is 9.93. The molecule has 0 aromatic heterocycles. The Morgan fingerprint density at radius 1 is 1.00 bits per heavy atom. The SMILES string of the molecule is Cc1cc(C2CCC(C(=O)N3CCSCC3)CN2C(=O)C2CCCC2)ccc1F. The number of benzene rings is 1. The zero-order valence-electron chi connectivity index (χ0n) is 17.2. The smallest absolute Gasteiger partial charge is 0.227 e. The Hall–Kier alpha value is -1.56. The molecule has 1 aromatic rings. The lowest BCUT2D eigenvalue weighted by Gasteiger charge is -2.42. The molecule has 158 valence electrons. The molecule has 2 heterocycles. The van der Waals surface area contributed by atoms with Crippen LogP contribution in [0.5, 0.6) is 0 Å². The molecule has 6 heteroatoms. The van der Waals surface area contributed by atoms with Crippen LogP contribution >= 0.6 is 11.8 Å². The van der Waals surface area contributed by atoms with Crippen molar-refractivity contribution >= 4 is 23.6 Å². The molecule has 3 fully saturated rings. The lowest BCUT2D eigenvalue weighted by atomic mass is 9.86. The molecule has 2 aliphatic heterocycles. The van der Waals surface area contributed by atoms with Crippen molar-refractivity contribution in [1.82, 2.24) is 9.80 Å². The number of hydrogen-bond acceptors (Lipinski definition) is 3. The third-order valence-corrected chi connectivity index (χ3v) is 7.75. The van der Waals surface area contributed by atoms with E-state index in [9.17, 15) is 14.0 Å². The fourth-order valence-corrected chi connectivity index (χ4v) is 5.99. The van der Waals surface area contributed by atoms with Crippen LogP contribution < -0.4 is 0 Å². The van der Waals surface area contributed by atoms with E-state index in [1.807, 2.05) is 33.7 Å². The molecule has 2 unspecified atom stereocenters. The molecule has 4 rings (SSSR count). The number of likely N-dealkylation sites (tertiary alicyclic amines) is 1. The highest BCUT2D eigenvalue weighted by atomic mass is 32.2. The fourth-order valence-electron chi connectivity index (χ4n) is 5.09. The van der Waals surface area contributed by atoms with Crippen molar-refractivity contribution in [2.75, 3.05) is 31.1 Å². The highest BCUT2D eigenvalue weighted by Crippen LogP contribution is 2.38. The van der Waals surface area contributed by atoms with Gasteiger partial charge < -0.3 is 9.80 Å². The summed E-state index contributed by atoms with van der Waals surface area (Å²) in [4.78, 5) is 30.5. The van der Waals surface area contributed by atoms with Gasteiger partial charge in [0.05, 0.1) is 12.0 Å². The van der Waals surface area contributed by atoms with Crippen molar-refractivity contribution in [2.24, 2.45) is 11.8 Å². The van der Waals surface area contributed by atoms with Crippen molar-refractivity contribution < 1.29 is 14.0 Å². The number of hydrogen-bond donors (Lipinski definition) is 0. The van der Waals surface area contributed by atoms with Crippen molar-refractivity contribution in [2.45, 2.75) is 51.5 Å². The quantitative estimate of drug-likeness (QED) is 0.739. The number of rotatable bonds is 3. The molecule has 0 N–H and O–H groups in total. The summed E-state index contributed by atoms with van der Waals surface area (Å²) in [5, 5.41) is 0. The van der Waals surface area contributed by atoms with E-state index in [-0.39, 0.29) is 35.5 Å². The third-order valence-electron chi connectivity index (χ3n) is 6.81. The number of amides is 2. The predicted octanol–water partition coefficient (Wildman–Crippen LogP) is 4.18. The van der Waals surface area contributed by atoms with Crippen LogP contribution in [-0.2, 0) is 9.59 Å². The average molecular weight is 419 g/mol. The first-order valence-electron chi connectivity index (χ1n) is 11.0. The van der Waals surface area contributed by atoms with Crippen molar-refractivity contribution in [3.63, 3.8) is 0 Å². The van der Waals surface area contributed by atoms with Crippen LogP contribution in [0.25, 0.3) is 0 Å². The van der Waals surface area contributed by atoms with Gasteiger partial charge >= 0.3 is 0 Å². The van der Waals surface area contributed by atoms with E-state index in [1.54, 1.807) is 6.92 Å². The van der Waals surface area contributed by atoms with Crippen LogP contribution in [0.1, 0.15) is 55.7 Å². The number of thioether (sulfide) groups is 1. The second kappa shape index (κ2) is 9.07. The molecule has 3 aliphatic rings. The van der Waals surface area contributed by atoms with Gasteiger partial charge in [0.15, 0.2) is 0 Å². The minimum atomic E-state index is -0.214. The first kappa shape index (κ1) is 20.7. The van der Waals surface area contributed by atoms with Crippen LogP contribution in [0, 0.1) is 24.6 Å². The summed E-state index contributed by atoms with van der Waals surface area (Å²) in [6, 6.07) is 5.14. The van der Waals surface area contributed by atoms with Crippen LogP contribution in [0.2, 0.25) is 0 Å². The van der Waals surface area contributed by atoms with Gasteiger partial charge in [0.25, 0.3) is 0 Å². The molecule has 1 saturated carbocycles. The molecule has 0 spiro atoms. The first-order valence-corrected chi connectivity index (χ1v) is 12.1. The molecule has 4 nitrogen and oxygen atoms in total. The lowest BCUT2D eigenvalue weighted by Crippen LogP contribution is -2.50. The number of nitrogens with zero attached hydrogens (tertiary/aromatic N) is 2. The summed E-state index contributed by atoms with van der Waals surface area (Å²) >= 11 is 1.90. The van der Waals surface area contributed by atoms with Crippen molar-refractivity contribution in [1.29, 1.82) is 0 Å². The standard InChI is InChI=1S/C23H31FN2O2S/c1-16-14-18(6-8-20(16)24)21-9-7-19(22(27)25-10-12-29-13-11-25)15-26(21)23(28)17-4-2-3-5-17/h6,8,14,17,19,21H,2-5,7,9-13,15H2,1H3. The van der Waals surface area contributed by atoms with E-state index in [1.165, 1.54) is 6.07 Å². The van der Waals surface area contributed by atoms with Gasteiger partial charge in [-0.1, -0.05) is 25.0 Å². The highest BCUT2D eigenvalue weighted by Gasteiger charge is 2.39. The zero-order chi connectivity index (χ0) is 20.4. The molecule has 1 aromatic carbocycles. The van der Waals surface area contributed by atoms with E-state index < -0.39 is 0 Å². The van der Waals surface area contributed by atoms with E-state index in [0.717, 1.165) is 68.7 Å². The molecular formula is C23H31FN2O2S. The summed E-state index contributed by atoms with van der Waals surface area (Å²) in [7, 11) is 0. The van der Waals surface area contributed by atoms with Crippen molar-refractivity contribution in [3.05, 3.63) is 35.1 Å². The number of carbonyl (C=O) groups is 2. The van der Waals surface area contributed by atoms with E-state index in [2.05, 4.69) is 0 Å². The van der Waals surface area contributed by atoms with Gasteiger partial charge in [-0.15, -0.1) is 0 Å². The molecule has 1 aliphatic carbocycles. The van der Waals surface area contributed by atoms with Gasteiger partial charge in [0.2, 0.25) is 11.8 Å². The van der Waals surface area contributed by atoms with Gasteiger partial charge in [-0.3, -0.25) is 9.59 Å². The Morgan fingerprint density at radius 2 is 1.72 bits per heavy atom. The maximum atomic E-state index is 13.8. The Morgan fingerprint density at radius 3 is 2.41 bits per heavy atom. The van der Waals surface area contributed by atoms with Gasteiger partial charge in [-0.05, 0) is 49.8 Å². The maximum absolute atomic E-state index is 13.8. The van der Waals surface area contributed by atoms with Crippen LogP contribution in [0.3, 0.4) is 0 Å². The monoisotopic (exact) mass is 418 g/mol. The normalized spacial score (nSPS) is 26.0. The summed E-state index contributed by atoms with van der Waals surface area (Å²) in [6.45, 7) is 3.90. The maximum Gasteiger partial charge on any atom is 0.227 e. The Balaban J connectivity index is 1.56. The van der Waals surface area contributed by atoms with Crippen LogP contribution in [0.15, 0.2) is 18.2 Å². The Bertz CT molecular complexity index is 759. The highest BCUT2D eigenvalue weighted by molar-refractivity contribution is 7.99. The van der Waals surface area contributed by atoms with E-state index in [4.69, 9.17) is 0 Å². The number of carbonyl (C=O) groups excluding carboxylic acids is 2. The third kappa shape index (κ3) is 4.47. The number of aryl methyl sites for hydroxylation is 1. The summed E-state index contributed by atoms with van der Waals surface area (Å²) < 4.78 is 13.8. The van der Waals surface area contributed by atoms with Gasteiger partial charge in [0, 0.05) is 37.1 Å². The molecule has 2 atom stereocenters. The first-order chi connectivity index (χ1) is 14.0. The Labute approximate surface area is 177 Å². The summed E-state index contributed by atoms with van der Waals surface area (Å²) in [5.74, 6) is 2.17. The largest absolute Gasteiger partial charge is 0.341 e. The minimum Gasteiger partial charge on any atom is -0.341 e. The predicted molar refractivity (Wildman–Crippen MR) is 114 cm³/mol. The number of halogens is 1. The molecule has 29 heavy (non-hydrogen) atoms. The topological polar surface area (TPSA) is 40.6 Å². The number of piperidine rings is 1. The lowest BCUT2D eigenvalue weighted by molar-refractivity contribution is -0.145. The Kier molecular flexibility index (Phi) is 6.47. The van der Waals surface area contributed by atoms with Gasteiger partial charge in [-0.2, -0.15) is 11.8 Å². The molecular weight excluding hydrogens is 387 g/mol. The van der Waals surface area contributed by atoms with E-state index in [0.29, 0.717) is 12.1 Å². The van der Waals surface area contributed by atoms with Gasteiger partial charge in [0.1, 0.15) is 5.82 Å².